The van der Waals surface area contributed by atoms with Crippen molar-refractivity contribution in [1.29, 1.82) is 0 Å². The predicted molar refractivity (Wildman–Crippen MR) is 110 cm³/mol. The highest BCUT2D eigenvalue weighted by atomic mass is 16.5. The van der Waals surface area contributed by atoms with Gasteiger partial charge in [0.2, 0.25) is 0 Å². The number of rotatable bonds is 7. The van der Waals surface area contributed by atoms with Gasteiger partial charge in [-0.25, -0.2) is 4.68 Å². The maximum atomic E-state index is 12.8. The van der Waals surface area contributed by atoms with Crippen LogP contribution in [-0.2, 0) is 16.9 Å². The van der Waals surface area contributed by atoms with Gasteiger partial charge >= 0.3 is 0 Å². The molecule has 0 spiro atoms. The number of carbonyl (C=O) groups excluding carboxylic acids is 1. The third kappa shape index (κ3) is 4.25. The number of aryl methyl sites for hydroxylation is 1. The second-order valence-corrected chi connectivity index (χ2v) is 7.96. The number of ether oxygens (including phenoxy) is 1. The summed E-state index contributed by atoms with van der Waals surface area (Å²) in [5.41, 5.74) is 3.60. The Kier molecular flexibility index (Phi) is 5.49. The van der Waals surface area contributed by atoms with E-state index in [0.717, 1.165) is 10.2 Å². The molecule has 0 saturated heterocycles. The highest BCUT2D eigenvalue weighted by Gasteiger charge is 2.40. The van der Waals surface area contributed by atoms with Crippen LogP contribution >= 0.6 is 0 Å². The molecule has 3 rings (SSSR count). The van der Waals surface area contributed by atoms with Crippen LogP contribution in [0.15, 0.2) is 53.6 Å². The summed E-state index contributed by atoms with van der Waals surface area (Å²) >= 11 is 0. The SMILES string of the molecule is Cc1ccccc1Oc1cnn(C(C)(C(N)=O)c2ccn(CC(C)(C)O)n2)c(=O)c1. The lowest BCUT2D eigenvalue weighted by atomic mass is 9.97. The van der Waals surface area contributed by atoms with E-state index < -0.39 is 22.6 Å². The molecule has 0 aliphatic rings. The van der Waals surface area contributed by atoms with Gasteiger partial charge in [-0.3, -0.25) is 14.3 Å². The fraction of sp³-hybridized carbons (Fsp3) is 0.333. The number of carbonyl (C=O) groups is 1. The summed E-state index contributed by atoms with van der Waals surface area (Å²) in [6.45, 7) is 6.84. The highest BCUT2D eigenvalue weighted by Crippen LogP contribution is 2.25. The molecule has 0 aliphatic carbocycles. The van der Waals surface area contributed by atoms with Gasteiger partial charge in [0.25, 0.3) is 11.5 Å². The number of para-hydroxylation sites is 1. The van der Waals surface area contributed by atoms with Crippen LogP contribution in [0.5, 0.6) is 11.5 Å². The van der Waals surface area contributed by atoms with Gasteiger partial charge in [-0.1, -0.05) is 18.2 Å². The Morgan fingerprint density at radius 2 is 1.93 bits per heavy atom. The van der Waals surface area contributed by atoms with E-state index in [1.54, 1.807) is 32.2 Å². The normalized spacial score (nSPS) is 13.6. The Morgan fingerprint density at radius 1 is 1.23 bits per heavy atom. The third-order valence-corrected chi connectivity index (χ3v) is 4.69. The Labute approximate surface area is 173 Å². The fourth-order valence-electron chi connectivity index (χ4n) is 3.03. The number of nitrogens with zero attached hydrogens (tertiary/aromatic N) is 4. The van der Waals surface area contributed by atoms with Crippen LogP contribution in [0.4, 0.5) is 0 Å². The predicted octanol–water partition coefficient (Wildman–Crippen LogP) is 1.56. The summed E-state index contributed by atoms with van der Waals surface area (Å²) in [7, 11) is 0. The summed E-state index contributed by atoms with van der Waals surface area (Å²) in [5, 5.41) is 18.5. The standard InChI is InChI=1S/C21H25N5O4/c1-14-7-5-6-8-16(14)30-15-11-18(27)26(23-12-15)21(4,19(22)28)17-9-10-25(24-17)13-20(2,3)29/h5-12,29H,13H2,1-4H3,(H2,22,28). The molecular weight excluding hydrogens is 386 g/mol. The Balaban J connectivity index is 1.97. The van der Waals surface area contributed by atoms with Gasteiger partial charge in [0.15, 0.2) is 11.3 Å². The lowest BCUT2D eigenvalue weighted by Gasteiger charge is -2.25. The zero-order valence-electron chi connectivity index (χ0n) is 17.4. The van der Waals surface area contributed by atoms with Gasteiger partial charge in [0.1, 0.15) is 5.75 Å². The molecule has 2 aromatic heterocycles. The van der Waals surface area contributed by atoms with Crippen molar-refractivity contribution in [3.63, 3.8) is 0 Å². The van der Waals surface area contributed by atoms with Crippen LogP contribution < -0.4 is 16.0 Å². The van der Waals surface area contributed by atoms with E-state index in [0.29, 0.717) is 5.75 Å². The number of aliphatic hydroxyl groups is 1. The number of hydrogen-bond acceptors (Lipinski definition) is 6. The van der Waals surface area contributed by atoms with Gasteiger partial charge < -0.3 is 15.6 Å². The number of aromatic nitrogens is 4. The molecule has 30 heavy (non-hydrogen) atoms. The van der Waals surface area contributed by atoms with Crippen molar-refractivity contribution in [2.75, 3.05) is 0 Å². The number of amides is 1. The second kappa shape index (κ2) is 7.75. The van der Waals surface area contributed by atoms with Crippen molar-refractivity contribution in [3.05, 3.63) is 70.4 Å². The molecule has 0 aliphatic heterocycles. The molecule has 3 aromatic rings. The van der Waals surface area contributed by atoms with E-state index in [4.69, 9.17) is 10.5 Å². The molecule has 1 amide bonds. The topological polar surface area (TPSA) is 125 Å². The average molecular weight is 411 g/mol. The molecule has 0 bridgehead atoms. The van der Waals surface area contributed by atoms with Crippen molar-refractivity contribution in [1.82, 2.24) is 19.6 Å². The first-order valence-corrected chi connectivity index (χ1v) is 9.40. The van der Waals surface area contributed by atoms with Gasteiger partial charge in [-0.05, 0) is 45.4 Å². The quantitative estimate of drug-likeness (QED) is 0.608. The molecular formula is C21H25N5O4. The van der Waals surface area contributed by atoms with Crippen LogP contribution in [0.25, 0.3) is 0 Å². The van der Waals surface area contributed by atoms with Crippen LogP contribution in [0.2, 0.25) is 0 Å². The average Bonchev–Trinajstić information content (AvgIpc) is 3.10. The minimum atomic E-state index is -1.62. The molecule has 1 unspecified atom stereocenters. The van der Waals surface area contributed by atoms with Crippen molar-refractivity contribution in [2.24, 2.45) is 5.73 Å². The van der Waals surface area contributed by atoms with E-state index in [-0.39, 0.29) is 18.0 Å². The Bertz CT molecular complexity index is 1130. The molecule has 1 atom stereocenters. The smallest absolute Gasteiger partial charge is 0.271 e. The molecule has 9 heteroatoms. The molecule has 3 N–H and O–H groups in total. The zero-order valence-corrected chi connectivity index (χ0v) is 17.4. The lowest BCUT2D eigenvalue weighted by Crippen LogP contribution is -2.50. The van der Waals surface area contributed by atoms with Gasteiger partial charge in [-0.15, -0.1) is 0 Å². The molecule has 0 radical (unpaired) electrons. The van der Waals surface area contributed by atoms with Crippen LogP contribution in [0.3, 0.4) is 0 Å². The summed E-state index contributed by atoms with van der Waals surface area (Å²) in [5.74, 6) is 0.0441. The second-order valence-electron chi connectivity index (χ2n) is 7.96. The summed E-state index contributed by atoms with van der Waals surface area (Å²) in [6.07, 6.45) is 2.96. The number of benzene rings is 1. The Hall–Kier alpha value is -3.46. The highest BCUT2D eigenvalue weighted by molar-refractivity contribution is 5.85. The minimum Gasteiger partial charge on any atom is -0.455 e. The number of primary amides is 1. The zero-order chi connectivity index (χ0) is 22.1. The van der Waals surface area contributed by atoms with E-state index >= 15 is 0 Å². The first kappa shape index (κ1) is 21.3. The van der Waals surface area contributed by atoms with E-state index in [9.17, 15) is 14.7 Å². The summed E-state index contributed by atoms with van der Waals surface area (Å²) in [4.78, 5) is 25.2. The first-order chi connectivity index (χ1) is 14.0. The summed E-state index contributed by atoms with van der Waals surface area (Å²) in [6, 6.07) is 10.2. The third-order valence-electron chi connectivity index (χ3n) is 4.69. The lowest BCUT2D eigenvalue weighted by molar-refractivity contribution is -0.124. The summed E-state index contributed by atoms with van der Waals surface area (Å²) < 4.78 is 8.21. The van der Waals surface area contributed by atoms with Crippen molar-refractivity contribution >= 4 is 5.91 Å². The van der Waals surface area contributed by atoms with Crippen LogP contribution in [0.1, 0.15) is 32.0 Å². The van der Waals surface area contributed by atoms with Gasteiger partial charge in [0.05, 0.1) is 24.0 Å². The van der Waals surface area contributed by atoms with Crippen molar-refractivity contribution in [2.45, 2.75) is 45.4 Å². The number of nitrogens with two attached hydrogens (primary N) is 1. The van der Waals surface area contributed by atoms with E-state index in [2.05, 4.69) is 10.2 Å². The molecule has 0 saturated carbocycles. The maximum absolute atomic E-state index is 12.8. The van der Waals surface area contributed by atoms with Gasteiger partial charge in [0, 0.05) is 12.3 Å². The van der Waals surface area contributed by atoms with Crippen LogP contribution in [0, 0.1) is 6.92 Å². The molecule has 158 valence electrons. The Morgan fingerprint density at radius 3 is 2.53 bits per heavy atom. The van der Waals surface area contributed by atoms with Crippen LogP contribution in [-0.4, -0.2) is 36.2 Å². The monoisotopic (exact) mass is 411 g/mol. The van der Waals surface area contributed by atoms with E-state index in [1.807, 2.05) is 25.1 Å². The molecule has 0 fully saturated rings. The van der Waals surface area contributed by atoms with Gasteiger partial charge in [-0.2, -0.15) is 10.2 Å². The van der Waals surface area contributed by atoms with Crippen molar-refractivity contribution < 1.29 is 14.6 Å². The van der Waals surface area contributed by atoms with E-state index in [1.165, 1.54) is 23.9 Å². The van der Waals surface area contributed by atoms with Crippen molar-refractivity contribution in [3.8, 4) is 11.5 Å². The molecule has 1 aromatic carbocycles. The fourth-order valence-corrected chi connectivity index (χ4v) is 3.03. The molecule has 2 heterocycles. The maximum Gasteiger partial charge on any atom is 0.271 e. The number of hydrogen-bond donors (Lipinski definition) is 2. The minimum absolute atomic E-state index is 0.202. The molecule has 9 nitrogen and oxygen atoms in total. The first-order valence-electron chi connectivity index (χ1n) is 9.40. The largest absolute Gasteiger partial charge is 0.455 e.